The molecule has 132 valence electrons. The number of carbonyl (C=O) groups excluding carboxylic acids is 1. The van der Waals surface area contributed by atoms with E-state index in [0.29, 0.717) is 18.4 Å². The molecule has 1 aliphatic rings. The van der Waals surface area contributed by atoms with Crippen LogP contribution in [0, 0.1) is 11.8 Å². The highest BCUT2D eigenvalue weighted by Crippen LogP contribution is 2.45. The van der Waals surface area contributed by atoms with Gasteiger partial charge in [-0.1, -0.05) is 67.1 Å². The zero-order chi connectivity index (χ0) is 17.5. The van der Waals surface area contributed by atoms with Crippen LogP contribution in [0.15, 0.2) is 60.7 Å². The summed E-state index contributed by atoms with van der Waals surface area (Å²) in [6.45, 7) is 2.36. The van der Waals surface area contributed by atoms with E-state index in [9.17, 15) is 4.79 Å². The Labute approximate surface area is 151 Å². The molecule has 0 saturated heterocycles. The fraction of sp³-hybridized carbons (Fsp3) is 0.435. The van der Waals surface area contributed by atoms with Gasteiger partial charge in [0, 0.05) is 0 Å². The summed E-state index contributed by atoms with van der Waals surface area (Å²) in [4.78, 5) is 12.4. The molecule has 3 rings (SSSR count). The first kappa shape index (κ1) is 17.7. The Hall–Kier alpha value is -2.09. The van der Waals surface area contributed by atoms with Crippen molar-refractivity contribution >= 4 is 5.97 Å². The molecule has 1 saturated carbocycles. The highest BCUT2D eigenvalue weighted by atomic mass is 16.5. The van der Waals surface area contributed by atoms with Crippen LogP contribution in [0.3, 0.4) is 0 Å². The van der Waals surface area contributed by atoms with Crippen molar-refractivity contribution in [3.8, 4) is 0 Å². The maximum Gasteiger partial charge on any atom is 0.309 e. The van der Waals surface area contributed by atoms with E-state index < -0.39 is 0 Å². The normalized spacial score (nSPS) is 22.7. The fourth-order valence-corrected chi connectivity index (χ4v) is 4.20. The zero-order valence-corrected chi connectivity index (χ0v) is 15.1. The Morgan fingerprint density at radius 2 is 1.68 bits per heavy atom. The summed E-state index contributed by atoms with van der Waals surface area (Å²) in [7, 11) is 0. The third kappa shape index (κ3) is 4.72. The van der Waals surface area contributed by atoms with Crippen LogP contribution in [0.5, 0.6) is 0 Å². The highest BCUT2D eigenvalue weighted by Gasteiger charge is 2.39. The monoisotopic (exact) mass is 336 g/mol. The van der Waals surface area contributed by atoms with Crippen LogP contribution in [0.2, 0.25) is 0 Å². The zero-order valence-electron chi connectivity index (χ0n) is 15.1. The quantitative estimate of drug-likeness (QED) is 0.634. The lowest BCUT2D eigenvalue weighted by molar-refractivity contribution is -0.148. The van der Waals surface area contributed by atoms with Crippen LogP contribution < -0.4 is 0 Å². The molecule has 25 heavy (non-hydrogen) atoms. The smallest absolute Gasteiger partial charge is 0.309 e. The lowest BCUT2D eigenvalue weighted by Gasteiger charge is -2.18. The maximum atomic E-state index is 12.4. The predicted octanol–water partition coefficient (Wildman–Crippen LogP) is 5.38. The van der Waals surface area contributed by atoms with Gasteiger partial charge in [-0.2, -0.15) is 0 Å². The first-order valence-corrected chi connectivity index (χ1v) is 9.53. The van der Waals surface area contributed by atoms with Crippen molar-refractivity contribution < 1.29 is 9.53 Å². The van der Waals surface area contributed by atoms with Crippen molar-refractivity contribution in [1.82, 2.24) is 0 Å². The molecule has 1 fully saturated rings. The van der Waals surface area contributed by atoms with Crippen molar-refractivity contribution in [2.24, 2.45) is 11.8 Å². The fourth-order valence-electron chi connectivity index (χ4n) is 4.20. The van der Waals surface area contributed by atoms with Gasteiger partial charge < -0.3 is 4.74 Å². The lowest BCUT2D eigenvalue weighted by Crippen LogP contribution is -2.20. The average molecular weight is 336 g/mol. The van der Waals surface area contributed by atoms with E-state index in [0.717, 1.165) is 19.3 Å². The van der Waals surface area contributed by atoms with Crippen LogP contribution >= 0.6 is 0 Å². The molecular formula is C23H28O2. The van der Waals surface area contributed by atoms with Gasteiger partial charge >= 0.3 is 5.97 Å². The molecule has 0 amide bonds. The summed E-state index contributed by atoms with van der Waals surface area (Å²) in [5, 5.41) is 0. The topological polar surface area (TPSA) is 26.3 Å². The second kappa shape index (κ2) is 8.84. The van der Waals surface area contributed by atoms with Gasteiger partial charge in [-0.25, -0.2) is 0 Å². The lowest BCUT2D eigenvalue weighted by atomic mass is 9.89. The number of benzene rings is 2. The number of ether oxygens (including phenoxy) is 1. The molecule has 0 N–H and O–H groups in total. The van der Waals surface area contributed by atoms with E-state index >= 15 is 0 Å². The Morgan fingerprint density at radius 3 is 2.36 bits per heavy atom. The molecule has 0 aliphatic heterocycles. The van der Waals surface area contributed by atoms with Crippen molar-refractivity contribution in [3.63, 3.8) is 0 Å². The molecule has 2 nitrogen and oxygen atoms in total. The summed E-state index contributed by atoms with van der Waals surface area (Å²) in [5.74, 6) is 0.927. The van der Waals surface area contributed by atoms with Gasteiger partial charge in [0.05, 0.1) is 12.5 Å². The van der Waals surface area contributed by atoms with Crippen LogP contribution in [0.25, 0.3) is 0 Å². The molecule has 0 spiro atoms. The molecule has 3 atom stereocenters. The van der Waals surface area contributed by atoms with Crippen molar-refractivity contribution in [2.75, 3.05) is 6.61 Å². The van der Waals surface area contributed by atoms with E-state index in [2.05, 4.69) is 54.6 Å². The van der Waals surface area contributed by atoms with Crippen LogP contribution in [0.1, 0.15) is 49.7 Å². The van der Waals surface area contributed by atoms with Crippen molar-refractivity contribution in [2.45, 2.75) is 44.9 Å². The van der Waals surface area contributed by atoms with E-state index in [1.54, 1.807) is 0 Å². The number of carbonyl (C=O) groups is 1. The minimum Gasteiger partial charge on any atom is -0.466 e. The summed E-state index contributed by atoms with van der Waals surface area (Å²) >= 11 is 0. The number of esters is 1. The summed E-state index contributed by atoms with van der Waals surface area (Å²) in [6, 6.07) is 21.2. The first-order chi connectivity index (χ1) is 12.3. The molecule has 0 radical (unpaired) electrons. The Morgan fingerprint density at radius 1 is 1.00 bits per heavy atom. The van der Waals surface area contributed by atoms with Crippen LogP contribution in [-0.4, -0.2) is 12.6 Å². The van der Waals surface area contributed by atoms with E-state index in [1.165, 1.54) is 24.0 Å². The van der Waals surface area contributed by atoms with Gasteiger partial charge in [0.15, 0.2) is 0 Å². The number of aryl methyl sites for hydroxylation is 1. The van der Waals surface area contributed by atoms with Gasteiger partial charge in [0.1, 0.15) is 0 Å². The number of rotatable bonds is 7. The Bertz CT molecular complexity index is 650. The predicted molar refractivity (Wildman–Crippen MR) is 101 cm³/mol. The van der Waals surface area contributed by atoms with Crippen molar-refractivity contribution in [3.05, 3.63) is 71.8 Å². The molecule has 2 aromatic rings. The Balaban J connectivity index is 1.61. The van der Waals surface area contributed by atoms with Crippen molar-refractivity contribution in [1.29, 1.82) is 0 Å². The molecule has 2 aromatic carbocycles. The summed E-state index contributed by atoms with van der Waals surface area (Å²) < 4.78 is 5.36. The minimum atomic E-state index is -0.0121. The molecule has 0 aromatic heterocycles. The van der Waals surface area contributed by atoms with E-state index in [4.69, 9.17) is 4.74 Å². The van der Waals surface area contributed by atoms with Crippen LogP contribution in [0.4, 0.5) is 0 Å². The average Bonchev–Trinajstić information content (AvgIpc) is 3.08. The summed E-state index contributed by atoms with van der Waals surface area (Å²) in [5.41, 5.74) is 2.69. The molecule has 0 bridgehead atoms. The maximum absolute atomic E-state index is 12.4. The Kier molecular flexibility index (Phi) is 6.27. The van der Waals surface area contributed by atoms with Gasteiger partial charge in [-0.3, -0.25) is 4.79 Å². The standard InChI is InChI=1S/C23H28O2/c1-2-25-23(24)22-17-19(13-9-12-18-10-5-3-6-11-18)16-21(22)20-14-7-4-8-15-20/h3-8,10-11,14-15,19,21-22H,2,9,12-13,16-17H2,1H3/t19?,21-,22+/m0/s1. The van der Waals surface area contributed by atoms with E-state index in [1.807, 2.05) is 13.0 Å². The molecular weight excluding hydrogens is 308 g/mol. The van der Waals surface area contributed by atoms with Gasteiger partial charge in [-0.15, -0.1) is 0 Å². The second-order valence-electron chi connectivity index (χ2n) is 7.09. The van der Waals surface area contributed by atoms with Gasteiger partial charge in [-0.05, 0) is 55.6 Å². The van der Waals surface area contributed by atoms with Crippen LogP contribution in [-0.2, 0) is 16.0 Å². The largest absolute Gasteiger partial charge is 0.466 e. The van der Waals surface area contributed by atoms with Gasteiger partial charge in [0.25, 0.3) is 0 Å². The second-order valence-corrected chi connectivity index (χ2v) is 7.09. The third-order valence-electron chi connectivity index (χ3n) is 5.40. The molecule has 2 heteroatoms. The SMILES string of the molecule is CCOC(=O)[C@@H]1CC(CCCc2ccccc2)C[C@H]1c1ccccc1. The molecule has 0 heterocycles. The number of hydrogen-bond donors (Lipinski definition) is 0. The minimum absolute atomic E-state index is 0.0121. The molecule has 1 unspecified atom stereocenters. The van der Waals surface area contributed by atoms with Gasteiger partial charge in [0.2, 0.25) is 0 Å². The first-order valence-electron chi connectivity index (χ1n) is 9.53. The highest BCUT2D eigenvalue weighted by molar-refractivity contribution is 5.74. The third-order valence-corrected chi connectivity index (χ3v) is 5.40. The summed E-state index contributed by atoms with van der Waals surface area (Å²) in [6.07, 6.45) is 5.56. The van der Waals surface area contributed by atoms with E-state index in [-0.39, 0.29) is 11.9 Å². The number of hydrogen-bond acceptors (Lipinski definition) is 2. The molecule has 1 aliphatic carbocycles.